The molecule has 12 heavy (non-hydrogen) atoms. The number of rotatable bonds is 2. The van der Waals surface area contributed by atoms with Crippen LogP contribution in [0.1, 0.15) is 5.56 Å². The van der Waals surface area contributed by atoms with Gasteiger partial charge in [-0.1, -0.05) is 0 Å². The zero-order valence-electron chi connectivity index (χ0n) is 6.16. The molecule has 0 saturated carbocycles. The van der Waals surface area contributed by atoms with E-state index < -0.39 is 9.05 Å². The van der Waals surface area contributed by atoms with Crippen LogP contribution in [0.2, 0.25) is 0 Å². The number of hydrogen-bond donors (Lipinski definition) is 0. The normalized spacial score (nSPS) is 11.9. The van der Waals surface area contributed by atoms with Gasteiger partial charge in [0.1, 0.15) is 4.60 Å². The predicted octanol–water partition coefficient (Wildman–Crippen LogP) is 1.25. The molecule has 0 unspecified atom stereocenters. The quantitative estimate of drug-likeness (QED) is 0.762. The van der Waals surface area contributed by atoms with Gasteiger partial charge in [-0.25, -0.2) is 8.42 Å². The Labute approximate surface area is 83.1 Å². The summed E-state index contributed by atoms with van der Waals surface area (Å²) in [6.45, 7) is 0. The third-order valence-corrected chi connectivity index (χ3v) is 2.83. The molecule has 0 atom stereocenters. The first-order valence-electron chi connectivity index (χ1n) is 2.99. The predicted molar refractivity (Wildman–Crippen MR) is 49.4 cm³/mol. The zero-order chi connectivity index (χ0) is 9.35. The zero-order valence-corrected chi connectivity index (χ0v) is 9.32. The Hall–Kier alpha value is -0.0700. The summed E-state index contributed by atoms with van der Waals surface area (Å²) in [6.07, 6.45) is 1.60. The molecule has 7 heteroatoms. The van der Waals surface area contributed by atoms with Crippen LogP contribution in [0, 0.1) is 0 Å². The van der Waals surface area contributed by atoms with Crippen LogP contribution >= 0.6 is 26.6 Å². The van der Waals surface area contributed by atoms with E-state index in [2.05, 4.69) is 21.0 Å². The van der Waals surface area contributed by atoms with E-state index in [1.54, 1.807) is 13.2 Å². The topological polar surface area (TPSA) is 52.0 Å². The van der Waals surface area contributed by atoms with Crippen molar-refractivity contribution in [3.63, 3.8) is 0 Å². The summed E-state index contributed by atoms with van der Waals surface area (Å²) < 4.78 is 23.4. The molecular weight excluding hydrogens is 267 g/mol. The number of aromatic nitrogens is 2. The van der Waals surface area contributed by atoms with E-state index in [1.807, 2.05) is 0 Å². The Kier molecular flexibility index (Phi) is 2.80. The molecule has 1 aromatic heterocycles. The molecular formula is C5H6BrClN2O2S. The molecule has 0 aromatic carbocycles. The van der Waals surface area contributed by atoms with Crippen molar-refractivity contribution in [1.29, 1.82) is 0 Å². The van der Waals surface area contributed by atoms with Crippen LogP contribution in [-0.4, -0.2) is 18.2 Å². The second kappa shape index (κ2) is 3.35. The van der Waals surface area contributed by atoms with Gasteiger partial charge >= 0.3 is 0 Å². The Balaban J connectivity index is 2.97. The van der Waals surface area contributed by atoms with Crippen LogP contribution < -0.4 is 0 Å². The molecule has 0 radical (unpaired) electrons. The number of halogens is 2. The summed E-state index contributed by atoms with van der Waals surface area (Å²) in [6, 6.07) is 0. The Morgan fingerprint density at radius 1 is 1.75 bits per heavy atom. The molecule has 68 valence electrons. The molecule has 0 aliphatic heterocycles. The van der Waals surface area contributed by atoms with Crippen LogP contribution in [-0.2, 0) is 21.9 Å². The number of aryl methyl sites for hydroxylation is 1. The van der Waals surface area contributed by atoms with Gasteiger partial charge in [-0.15, -0.1) is 0 Å². The van der Waals surface area contributed by atoms with Crippen molar-refractivity contribution in [2.75, 3.05) is 0 Å². The van der Waals surface area contributed by atoms with Crippen molar-refractivity contribution < 1.29 is 8.42 Å². The fourth-order valence-electron chi connectivity index (χ4n) is 0.793. The Morgan fingerprint density at radius 3 is 2.67 bits per heavy atom. The van der Waals surface area contributed by atoms with Crippen molar-refractivity contribution in [3.8, 4) is 0 Å². The van der Waals surface area contributed by atoms with Gasteiger partial charge < -0.3 is 0 Å². The monoisotopic (exact) mass is 272 g/mol. The van der Waals surface area contributed by atoms with E-state index >= 15 is 0 Å². The third kappa shape index (κ3) is 2.76. The van der Waals surface area contributed by atoms with Crippen LogP contribution in [0.3, 0.4) is 0 Å². The summed E-state index contributed by atoms with van der Waals surface area (Å²) in [7, 11) is 3.27. The second-order valence-corrected chi connectivity index (χ2v) is 5.83. The molecule has 0 N–H and O–H groups in total. The fraction of sp³-hybridized carbons (Fsp3) is 0.400. The molecule has 4 nitrogen and oxygen atoms in total. The maximum Gasteiger partial charge on any atom is 0.236 e. The van der Waals surface area contributed by atoms with Gasteiger partial charge in [0.25, 0.3) is 0 Å². The molecule has 0 aliphatic carbocycles. The molecule has 0 fully saturated rings. The summed E-state index contributed by atoms with van der Waals surface area (Å²) in [5.74, 6) is -0.205. The summed E-state index contributed by atoms with van der Waals surface area (Å²) in [4.78, 5) is 0. The van der Waals surface area contributed by atoms with Crippen molar-refractivity contribution >= 4 is 35.7 Å². The SMILES string of the molecule is Cn1cc(CS(=O)(=O)Cl)c(Br)n1. The van der Waals surface area contributed by atoms with Crippen molar-refractivity contribution in [2.45, 2.75) is 5.75 Å². The molecule has 0 amide bonds. The van der Waals surface area contributed by atoms with E-state index in [0.717, 1.165) is 0 Å². The van der Waals surface area contributed by atoms with Gasteiger partial charge in [-0.05, 0) is 15.9 Å². The summed E-state index contributed by atoms with van der Waals surface area (Å²) in [5.41, 5.74) is 0.563. The van der Waals surface area contributed by atoms with E-state index in [-0.39, 0.29) is 5.75 Å². The molecule has 0 aliphatic rings. The Bertz CT molecular complexity index is 386. The lowest BCUT2D eigenvalue weighted by Gasteiger charge is -1.90. The lowest BCUT2D eigenvalue weighted by Crippen LogP contribution is -1.93. The minimum Gasteiger partial charge on any atom is -0.274 e. The molecule has 0 saturated heterocycles. The van der Waals surface area contributed by atoms with E-state index in [4.69, 9.17) is 10.7 Å². The van der Waals surface area contributed by atoms with Crippen LogP contribution in [0.15, 0.2) is 10.8 Å². The molecule has 1 aromatic rings. The highest BCUT2D eigenvalue weighted by Gasteiger charge is 2.12. The van der Waals surface area contributed by atoms with Gasteiger partial charge in [0.05, 0.1) is 5.75 Å². The van der Waals surface area contributed by atoms with Crippen molar-refractivity contribution in [2.24, 2.45) is 7.05 Å². The summed E-state index contributed by atoms with van der Waals surface area (Å²) >= 11 is 3.11. The lowest BCUT2D eigenvalue weighted by molar-refractivity contribution is 0.609. The highest BCUT2D eigenvalue weighted by molar-refractivity contribution is 9.10. The minimum absolute atomic E-state index is 0.205. The maximum absolute atomic E-state index is 10.7. The first kappa shape index (κ1) is 10.0. The maximum atomic E-state index is 10.7. The van der Waals surface area contributed by atoms with Crippen molar-refractivity contribution in [1.82, 2.24) is 9.78 Å². The smallest absolute Gasteiger partial charge is 0.236 e. The highest BCUT2D eigenvalue weighted by atomic mass is 79.9. The standard InChI is InChI=1S/C5H6BrClN2O2S/c1-9-2-4(5(6)8-9)3-12(7,10)11/h2H,3H2,1H3. The van der Waals surface area contributed by atoms with E-state index in [9.17, 15) is 8.42 Å². The number of nitrogens with zero attached hydrogens (tertiary/aromatic N) is 2. The van der Waals surface area contributed by atoms with Gasteiger partial charge in [0.2, 0.25) is 9.05 Å². The van der Waals surface area contributed by atoms with Gasteiger partial charge in [0, 0.05) is 29.5 Å². The van der Waals surface area contributed by atoms with E-state index in [0.29, 0.717) is 10.2 Å². The molecule has 1 heterocycles. The number of hydrogen-bond acceptors (Lipinski definition) is 3. The first-order valence-corrected chi connectivity index (χ1v) is 6.26. The first-order chi connectivity index (χ1) is 5.38. The molecule has 0 spiro atoms. The second-order valence-electron chi connectivity index (χ2n) is 2.30. The van der Waals surface area contributed by atoms with Crippen LogP contribution in [0.5, 0.6) is 0 Å². The van der Waals surface area contributed by atoms with Gasteiger partial charge in [-0.2, -0.15) is 5.10 Å². The van der Waals surface area contributed by atoms with E-state index in [1.165, 1.54) is 4.68 Å². The highest BCUT2D eigenvalue weighted by Crippen LogP contribution is 2.17. The van der Waals surface area contributed by atoms with Gasteiger partial charge in [0.15, 0.2) is 0 Å². The van der Waals surface area contributed by atoms with Crippen LogP contribution in [0.25, 0.3) is 0 Å². The molecule has 1 rings (SSSR count). The third-order valence-electron chi connectivity index (χ3n) is 1.18. The molecule has 0 bridgehead atoms. The lowest BCUT2D eigenvalue weighted by atomic mass is 10.4. The average molecular weight is 274 g/mol. The fourth-order valence-corrected chi connectivity index (χ4v) is 2.41. The minimum atomic E-state index is -3.50. The largest absolute Gasteiger partial charge is 0.274 e. The summed E-state index contributed by atoms with van der Waals surface area (Å²) in [5, 5.41) is 3.91. The average Bonchev–Trinajstić information content (AvgIpc) is 2.06. The van der Waals surface area contributed by atoms with Gasteiger partial charge in [-0.3, -0.25) is 4.68 Å². The van der Waals surface area contributed by atoms with Crippen LogP contribution in [0.4, 0.5) is 0 Å². The Morgan fingerprint density at radius 2 is 2.33 bits per heavy atom. The van der Waals surface area contributed by atoms with Crippen molar-refractivity contribution in [3.05, 3.63) is 16.4 Å².